The van der Waals surface area contributed by atoms with Gasteiger partial charge < -0.3 is 9.84 Å². The largest absolute Gasteiger partial charge is 0.481 e. The molecule has 1 atom stereocenters. The van der Waals surface area contributed by atoms with Gasteiger partial charge in [0.05, 0.1) is 19.6 Å². The van der Waals surface area contributed by atoms with Crippen LogP contribution in [-0.4, -0.2) is 41.8 Å². The molecule has 1 unspecified atom stereocenters. The monoisotopic (exact) mass is 331 g/mol. The fraction of sp³-hybridized carbons (Fsp3) is 0.462. The van der Waals surface area contributed by atoms with Crippen LogP contribution in [0.2, 0.25) is 0 Å². The number of carboxylic acid groups (broad SMARTS) is 1. The van der Waals surface area contributed by atoms with Crippen LogP contribution in [-0.2, 0) is 16.1 Å². The van der Waals surface area contributed by atoms with Crippen molar-refractivity contribution in [2.45, 2.75) is 19.0 Å². The van der Waals surface area contributed by atoms with Gasteiger partial charge >= 0.3 is 5.97 Å². The molecule has 4 nitrogen and oxygen atoms in total. The summed E-state index contributed by atoms with van der Waals surface area (Å²) in [7, 11) is 0. The first-order chi connectivity index (χ1) is 9.04. The highest BCUT2D eigenvalue weighted by atomic mass is 79.9. The van der Waals surface area contributed by atoms with Gasteiger partial charge in [-0.05, 0) is 23.8 Å². The van der Waals surface area contributed by atoms with Crippen LogP contribution in [0.15, 0.2) is 22.7 Å². The molecule has 1 N–H and O–H groups in total. The minimum atomic E-state index is -0.846. The molecule has 1 heterocycles. The Balaban J connectivity index is 2.08. The van der Waals surface area contributed by atoms with E-state index in [0.29, 0.717) is 30.8 Å². The summed E-state index contributed by atoms with van der Waals surface area (Å²) in [6.45, 7) is 2.17. The minimum absolute atomic E-state index is 0.0382. The van der Waals surface area contributed by atoms with E-state index in [2.05, 4.69) is 15.9 Å². The maximum Gasteiger partial charge on any atom is 0.305 e. The highest BCUT2D eigenvalue weighted by Gasteiger charge is 2.25. The van der Waals surface area contributed by atoms with Crippen molar-refractivity contribution in [2.75, 3.05) is 19.8 Å². The van der Waals surface area contributed by atoms with Gasteiger partial charge in [0.2, 0.25) is 0 Å². The van der Waals surface area contributed by atoms with Crippen molar-refractivity contribution in [2.24, 2.45) is 0 Å². The lowest BCUT2D eigenvalue weighted by Gasteiger charge is -2.34. The second kappa shape index (κ2) is 6.45. The quantitative estimate of drug-likeness (QED) is 0.919. The highest BCUT2D eigenvalue weighted by Crippen LogP contribution is 2.19. The molecule has 1 aromatic rings. The molecule has 0 spiro atoms. The third-order valence-electron chi connectivity index (χ3n) is 3.07. The molecule has 1 aliphatic heterocycles. The lowest BCUT2D eigenvalue weighted by Crippen LogP contribution is -2.45. The Labute approximate surface area is 119 Å². The number of ether oxygens (including phenoxy) is 1. The summed E-state index contributed by atoms with van der Waals surface area (Å²) in [5.74, 6) is -1.15. The molecule has 1 aromatic carbocycles. The molecule has 104 valence electrons. The standard InChI is InChI=1S/C13H15BrFNO3/c14-10-3-9(4-11(15)5-10)7-16-1-2-19-8-12(16)6-13(17)18/h3-5,12H,1-2,6-8H2,(H,17,18). The molecule has 19 heavy (non-hydrogen) atoms. The van der Waals surface area contributed by atoms with E-state index in [1.54, 1.807) is 0 Å². The number of benzene rings is 1. The molecule has 0 aromatic heterocycles. The predicted octanol–water partition coefficient (Wildman–Crippen LogP) is 2.26. The van der Waals surface area contributed by atoms with Crippen molar-refractivity contribution < 1.29 is 19.0 Å². The van der Waals surface area contributed by atoms with Crippen LogP contribution in [0.4, 0.5) is 4.39 Å². The van der Waals surface area contributed by atoms with Gasteiger partial charge in [0.15, 0.2) is 0 Å². The van der Waals surface area contributed by atoms with E-state index in [9.17, 15) is 9.18 Å². The summed E-state index contributed by atoms with van der Waals surface area (Å²) in [5.41, 5.74) is 0.823. The van der Waals surface area contributed by atoms with Gasteiger partial charge in [-0.2, -0.15) is 0 Å². The molecule has 0 aliphatic carbocycles. The number of carboxylic acids is 1. The zero-order valence-electron chi connectivity index (χ0n) is 10.3. The number of hydrogen-bond donors (Lipinski definition) is 1. The van der Waals surface area contributed by atoms with E-state index in [0.717, 1.165) is 5.56 Å². The van der Waals surface area contributed by atoms with E-state index in [-0.39, 0.29) is 18.3 Å². The summed E-state index contributed by atoms with van der Waals surface area (Å²) in [6.07, 6.45) is 0.0382. The number of aliphatic carboxylic acids is 1. The molecule has 1 saturated heterocycles. The lowest BCUT2D eigenvalue weighted by molar-refractivity contribution is -0.140. The predicted molar refractivity (Wildman–Crippen MR) is 71.4 cm³/mol. The number of hydrogen-bond acceptors (Lipinski definition) is 3. The number of nitrogens with zero attached hydrogens (tertiary/aromatic N) is 1. The van der Waals surface area contributed by atoms with Crippen LogP contribution >= 0.6 is 15.9 Å². The average molecular weight is 332 g/mol. The maximum absolute atomic E-state index is 13.3. The summed E-state index contributed by atoms with van der Waals surface area (Å²) >= 11 is 3.26. The third-order valence-corrected chi connectivity index (χ3v) is 3.53. The molecule has 2 rings (SSSR count). The Bertz CT molecular complexity index is 449. The second-order valence-electron chi connectivity index (χ2n) is 4.57. The molecule has 0 bridgehead atoms. The Hall–Kier alpha value is -0.980. The number of rotatable bonds is 4. The molecule has 6 heteroatoms. The van der Waals surface area contributed by atoms with Crippen LogP contribution < -0.4 is 0 Å². The molecule has 0 radical (unpaired) electrons. The number of halogens is 2. The third kappa shape index (κ3) is 4.26. The van der Waals surface area contributed by atoms with Crippen LogP contribution in [0, 0.1) is 5.82 Å². The van der Waals surface area contributed by atoms with Gasteiger partial charge in [-0.3, -0.25) is 9.69 Å². The van der Waals surface area contributed by atoms with Crippen molar-refractivity contribution in [1.29, 1.82) is 0 Å². The van der Waals surface area contributed by atoms with Crippen molar-refractivity contribution >= 4 is 21.9 Å². The molecular weight excluding hydrogens is 317 g/mol. The summed E-state index contributed by atoms with van der Waals surface area (Å²) in [5, 5.41) is 8.89. The van der Waals surface area contributed by atoms with E-state index in [4.69, 9.17) is 9.84 Å². The first kappa shape index (κ1) is 14.4. The lowest BCUT2D eigenvalue weighted by atomic mass is 10.1. The van der Waals surface area contributed by atoms with Crippen LogP contribution in [0.25, 0.3) is 0 Å². The van der Waals surface area contributed by atoms with E-state index in [1.165, 1.54) is 12.1 Å². The van der Waals surface area contributed by atoms with Gasteiger partial charge in [-0.15, -0.1) is 0 Å². The topological polar surface area (TPSA) is 49.8 Å². The second-order valence-corrected chi connectivity index (χ2v) is 5.49. The normalized spacial score (nSPS) is 20.4. The average Bonchev–Trinajstić information content (AvgIpc) is 2.29. The van der Waals surface area contributed by atoms with Crippen molar-refractivity contribution in [3.8, 4) is 0 Å². The molecular formula is C13H15BrFNO3. The smallest absolute Gasteiger partial charge is 0.305 e. The molecule has 0 amide bonds. The Kier molecular flexibility index (Phi) is 4.90. The van der Waals surface area contributed by atoms with Gasteiger partial charge in [0.1, 0.15) is 5.82 Å². The summed E-state index contributed by atoms with van der Waals surface area (Å²) in [6, 6.07) is 4.56. The zero-order chi connectivity index (χ0) is 13.8. The fourth-order valence-corrected chi connectivity index (χ4v) is 2.74. The summed E-state index contributed by atoms with van der Waals surface area (Å²) < 4.78 is 19.3. The zero-order valence-corrected chi connectivity index (χ0v) is 11.9. The van der Waals surface area contributed by atoms with Crippen LogP contribution in [0.1, 0.15) is 12.0 Å². The first-order valence-corrected chi connectivity index (χ1v) is 6.82. The highest BCUT2D eigenvalue weighted by molar-refractivity contribution is 9.10. The number of carbonyl (C=O) groups is 1. The Morgan fingerprint density at radius 1 is 1.53 bits per heavy atom. The number of morpholine rings is 1. The fourth-order valence-electron chi connectivity index (χ4n) is 2.22. The van der Waals surface area contributed by atoms with Crippen LogP contribution in [0.5, 0.6) is 0 Å². The van der Waals surface area contributed by atoms with Gasteiger partial charge in [0.25, 0.3) is 0 Å². The molecule has 1 aliphatic rings. The minimum Gasteiger partial charge on any atom is -0.481 e. The van der Waals surface area contributed by atoms with Crippen molar-refractivity contribution in [3.05, 3.63) is 34.1 Å². The van der Waals surface area contributed by atoms with E-state index in [1.807, 2.05) is 11.0 Å². The molecule has 1 fully saturated rings. The SMILES string of the molecule is O=C(O)CC1COCCN1Cc1cc(F)cc(Br)c1. The maximum atomic E-state index is 13.3. The van der Waals surface area contributed by atoms with E-state index < -0.39 is 5.97 Å². The van der Waals surface area contributed by atoms with Crippen LogP contribution in [0.3, 0.4) is 0 Å². The van der Waals surface area contributed by atoms with Crippen molar-refractivity contribution in [3.63, 3.8) is 0 Å². The van der Waals surface area contributed by atoms with Crippen molar-refractivity contribution in [1.82, 2.24) is 4.90 Å². The Morgan fingerprint density at radius 3 is 3.00 bits per heavy atom. The first-order valence-electron chi connectivity index (χ1n) is 6.03. The Morgan fingerprint density at radius 2 is 2.32 bits per heavy atom. The van der Waals surface area contributed by atoms with E-state index >= 15 is 0 Å². The molecule has 0 saturated carbocycles. The van der Waals surface area contributed by atoms with Gasteiger partial charge in [-0.1, -0.05) is 15.9 Å². The van der Waals surface area contributed by atoms with Gasteiger partial charge in [-0.25, -0.2) is 4.39 Å². The summed E-state index contributed by atoms with van der Waals surface area (Å²) in [4.78, 5) is 12.9. The van der Waals surface area contributed by atoms with Gasteiger partial charge in [0, 0.05) is 23.6 Å².